The summed E-state index contributed by atoms with van der Waals surface area (Å²) in [5.74, 6) is -1.10. The van der Waals surface area contributed by atoms with E-state index >= 15 is 0 Å². The molecule has 0 amide bonds. The van der Waals surface area contributed by atoms with Gasteiger partial charge >= 0.3 is 5.97 Å². The van der Waals surface area contributed by atoms with E-state index in [0.717, 1.165) is 16.9 Å². The first-order chi connectivity index (χ1) is 9.13. The monoisotopic (exact) mass is 258 g/mol. The van der Waals surface area contributed by atoms with Crippen molar-refractivity contribution in [2.45, 2.75) is 13.5 Å². The standard InChI is InChI=1S/C11H10N6O2/c1-7-2-3-12-17-5-8(13-10(7)17)4-16-6-9(11(18)19)14-15-16/h2-3,5-6H,4H2,1H3,(H,18,19). The van der Waals surface area contributed by atoms with Crippen molar-refractivity contribution in [1.82, 2.24) is 29.6 Å². The number of carboxylic acid groups (broad SMARTS) is 1. The van der Waals surface area contributed by atoms with Gasteiger partial charge < -0.3 is 5.11 Å². The first-order valence-electron chi connectivity index (χ1n) is 5.57. The van der Waals surface area contributed by atoms with E-state index in [0.29, 0.717) is 6.54 Å². The van der Waals surface area contributed by atoms with Crippen molar-refractivity contribution in [3.8, 4) is 0 Å². The molecule has 96 valence electrons. The fourth-order valence-electron chi connectivity index (χ4n) is 1.78. The second kappa shape index (κ2) is 4.16. The second-order valence-corrected chi connectivity index (χ2v) is 4.12. The van der Waals surface area contributed by atoms with Gasteiger partial charge in [-0.1, -0.05) is 5.21 Å². The molecule has 0 fully saturated rings. The molecule has 0 saturated carbocycles. The van der Waals surface area contributed by atoms with Crippen molar-refractivity contribution >= 4 is 11.6 Å². The van der Waals surface area contributed by atoms with Gasteiger partial charge in [-0.15, -0.1) is 5.10 Å². The van der Waals surface area contributed by atoms with E-state index in [-0.39, 0.29) is 5.69 Å². The first kappa shape index (κ1) is 11.3. The van der Waals surface area contributed by atoms with Crippen LogP contribution in [0.2, 0.25) is 0 Å². The highest BCUT2D eigenvalue weighted by molar-refractivity contribution is 5.84. The Balaban J connectivity index is 1.92. The Bertz CT molecular complexity index is 759. The van der Waals surface area contributed by atoms with E-state index in [2.05, 4.69) is 20.4 Å². The van der Waals surface area contributed by atoms with Crippen molar-refractivity contribution in [2.24, 2.45) is 0 Å². The van der Waals surface area contributed by atoms with Crippen molar-refractivity contribution < 1.29 is 9.90 Å². The molecule has 8 heteroatoms. The van der Waals surface area contributed by atoms with Crippen LogP contribution in [0, 0.1) is 6.92 Å². The highest BCUT2D eigenvalue weighted by Crippen LogP contribution is 2.09. The van der Waals surface area contributed by atoms with Gasteiger partial charge in [0.2, 0.25) is 0 Å². The number of carboxylic acids is 1. The summed E-state index contributed by atoms with van der Waals surface area (Å²) in [4.78, 5) is 15.1. The van der Waals surface area contributed by atoms with Gasteiger partial charge in [-0.05, 0) is 18.6 Å². The highest BCUT2D eigenvalue weighted by atomic mass is 16.4. The summed E-state index contributed by atoms with van der Waals surface area (Å²) in [7, 11) is 0. The molecule has 1 N–H and O–H groups in total. The van der Waals surface area contributed by atoms with E-state index < -0.39 is 5.97 Å². The lowest BCUT2D eigenvalue weighted by Gasteiger charge is -1.93. The van der Waals surface area contributed by atoms with Crippen LogP contribution >= 0.6 is 0 Å². The number of carbonyl (C=O) groups is 1. The highest BCUT2D eigenvalue weighted by Gasteiger charge is 2.10. The maximum atomic E-state index is 10.7. The van der Waals surface area contributed by atoms with Crippen LogP contribution in [0.3, 0.4) is 0 Å². The quantitative estimate of drug-likeness (QED) is 0.729. The van der Waals surface area contributed by atoms with Crippen LogP contribution in [0.1, 0.15) is 21.7 Å². The minimum absolute atomic E-state index is 0.0851. The Kier molecular flexibility index (Phi) is 2.48. The minimum atomic E-state index is -1.10. The number of aromatic carboxylic acids is 1. The van der Waals surface area contributed by atoms with Gasteiger partial charge in [-0.25, -0.2) is 19.0 Å². The minimum Gasteiger partial charge on any atom is -0.476 e. The van der Waals surface area contributed by atoms with Gasteiger partial charge in [0.1, 0.15) is 0 Å². The summed E-state index contributed by atoms with van der Waals surface area (Å²) < 4.78 is 3.11. The molecule has 8 nitrogen and oxygen atoms in total. The van der Waals surface area contributed by atoms with Gasteiger partial charge in [-0.2, -0.15) is 5.10 Å². The van der Waals surface area contributed by atoms with Crippen LogP contribution in [0.5, 0.6) is 0 Å². The smallest absolute Gasteiger partial charge is 0.358 e. The molecule has 0 saturated heterocycles. The molecule has 3 rings (SSSR count). The van der Waals surface area contributed by atoms with E-state index in [9.17, 15) is 4.79 Å². The summed E-state index contributed by atoms with van der Waals surface area (Å²) in [6.07, 6.45) is 4.85. The third-order valence-electron chi connectivity index (χ3n) is 2.69. The Labute approximate surface area is 107 Å². The number of rotatable bonds is 3. The number of hydrogen-bond acceptors (Lipinski definition) is 5. The van der Waals surface area contributed by atoms with E-state index in [1.807, 2.05) is 13.0 Å². The number of fused-ring (bicyclic) bond motifs is 1. The van der Waals surface area contributed by atoms with Gasteiger partial charge in [-0.3, -0.25) is 0 Å². The SMILES string of the molecule is Cc1ccnn2cc(Cn3cc(C(=O)O)nn3)nc12. The topological polar surface area (TPSA) is 98.2 Å². The molecular weight excluding hydrogens is 248 g/mol. The number of nitrogens with zero attached hydrogens (tertiary/aromatic N) is 6. The van der Waals surface area contributed by atoms with Crippen molar-refractivity contribution in [3.63, 3.8) is 0 Å². The van der Waals surface area contributed by atoms with E-state index in [1.54, 1.807) is 16.9 Å². The van der Waals surface area contributed by atoms with Crippen LogP contribution < -0.4 is 0 Å². The lowest BCUT2D eigenvalue weighted by atomic mass is 10.3. The van der Waals surface area contributed by atoms with Crippen LogP contribution in [0.15, 0.2) is 24.7 Å². The molecule has 0 aliphatic rings. The number of aryl methyl sites for hydroxylation is 1. The van der Waals surface area contributed by atoms with E-state index in [4.69, 9.17) is 5.11 Å². The zero-order valence-corrected chi connectivity index (χ0v) is 10.1. The summed E-state index contributed by atoms with van der Waals surface area (Å²) in [5, 5.41) is 20.2. The lowest BCUT2D eigenvalue weighted by molar-refractivity contribution is 0.0690. The van der Waals surface area contributed by atoms with Crippen LogP contribution in [-0.4, -0.2) is 40.7 Å². The third-order valence-corrected chi connectivity index (χ3v) is 2.69. The average molecular weight is 258 g/mol. The molecular formula is C11H10N6O2. The van der Waals surface area contributed by atoms with E-state index in [1.165, 1.54) is 10.9 Å². The summed E-state index contributed by atoms with van der Waals surface area (Å²) in [5.41, 5.74) is 2.45. The predicted molar refractivity (Wildman–Crippen MR) is 63.8 cm³/mol. The average Bonchev–Trinajstić information content (AvgIpc) is 2.96. The molecule has 0 aromatic carbocycles. The molecule has 19 heavy (non-hydrogen) atoms. The fraction of sp³-hybridized carbons (Fsp3) is 0.182. The Morgan fingerprint density at radius 2 is 2.26 bits per heavy atom. The second-order valence-electron chi connectivity index (χ2n) is 4.12. The van der Waals surface area contributed by atoms with Crippen LogP contribution in [0.25, 0.3) is 5.65 Å². The molecule has 0 unspecified atom stereocenters. The summed E-state index contributed by atoms with van der Waals surface area (Å²) in [6.45, 7) is 2.30. The maximum absolute atomic E-state index is 10.7. The zero-order chi connectivity index (χ0) is 13.4. The van der Waals surface area contributed by atoms with Gasteiger partial charge in [0.15, 0.2) is 11.3 Å². The molecule has 3 aromatic heterocycles. The van der Waals surface area contributed by atoms with Crippen molar-refractivity contribution in [2.75, 3.05) is 0 Å². The molecule has 3 heterocycles. The molecule has 0 spiro atoms. The lowest BCUT2D eigenvalue weighted by Crippen LogP contribution is -2.00. The molecule has 0 aliphatic heterocycles. The maximum Gasteiger partial charge on any atom is 0.358 e. The van der Waals surface area contributed by atoms with Crippen LogP contribution in [-0.2, 0) is 6.54 Å². The molecule has 0 bridgehead atoms. The molecule has 3 aromatic rings. The Morgan fingerprint density at radius 3 is 2.95 bits per heavy atom. The largest absolute Gasteiger partial charge is 0.476 e. The van der Waals surface area contributed by atoms with Crippen molar-refractivity contribution in [1.29, 1.82) is 0 Å². The Morgan fingerprint density at radius 1 is 1.42 bits per heavy atom. The van der Waals surface area contributed by atoms with Crippen molar-refractivity contribution in [3.05, 3.63) is 41.6 Å². The third kappa shape index (κ3) is 2.03. The Hall–Kier alpha value is -2.77. The number of aromatic nitrogens is 6. The summed E-state index contributed by atoms with van der Waals surface area (Å²) in [6, 6.07) is 1.88. The normalized spacial score (nSPS) is 11.0. The summed E-state index contributed by atoms with van der Waals surface area (Å²) >= 11 is 0. The molecule has 0 atom stereocenters. The van der Waals surface area contributed by atoms with Gasteiger partial charge in [0, 0.05) is 6.20 Å². The first-order valence-corrected chi connectivity index (χ1v) is 5.57. The predicted octanol–water partition coefficient (Wildman–Crippen LogP) is 0.376. The fourth-order valence-corrected chi connectivity index (χ4v) is 1.78. The molecule has 0 aliphatic carbocycles. The number of imidazole rings is 1. The van der Waals surface area contributed by atoms with Gasteiger partial charge in [0.05, 0.1) is 24.6 Å². The number of hydrogen-bond donors (Lipinski definition) is 1. The molecule has 0 radical (unpaired) electrons. The van der Waals surface area contributed by atoms with Crippen LogP contribution in [0.4, 0.5) is 0 Å². The zero-order valence-electron chi connectivity index (χ0n) is 10.1. The van der Waals surface area contributed by atoms with Gasteiger partial charge in [0.25, 0.3) is 0 Å².